The Balaban J connectivity index is 0.00000406. The van der Waals surface area contributed by atoms with Crippen LogP contribution in [0, 0.1) is 11.3 Å². The van der Waals surface area contributed by atoms with Crippen LogP contribution in [0.4, 0.5) is 11.4 Å². The van der Waals surface area contributed by atoms with Crippen molar-refractivity contribution in [3.8, 4) is 6.07 Å². The molecule has 2 aromatic carbocycles. The van der Waals surface area contributed by atoms with Crippen LogP contribution in [0.2, 0.25) is 0 Å². The molecule has 0 bridgehead atoms. The zero-order valence-corrected chi connectivity index (χ0v) is 58.5. The van der Waals surface area contributed by atoms with Gasteiger partial charge in [-0.2, -0.15) is 26.9 Å². The number of allylic oxidation sites excluding steroid dienone is 10. The van der Waals surface area contributed by atoms with E-state index in [0.717, 1.165) is 17.0 Å². The van der Waals surface area contributed by atoms with E-state index >= 15 is 5.11 Å². The second-order valence-electron chi connectivity index (χ2n) is 18.7. The third-order valence-corrected chi connectivity index (χ3v) is 17.5. The van der Waals surface area contributed by atoms with Crippen LogP contribution in [-0.4, -0.2) is 96.1 Å². The van der Waals surface area contributed by atoms with Gasteiger partial charge in [-0.25, -0.2) is 26.1 Å². The Morgan fingerprint density at radius 3 is 2.13 bits per heavy atom. The molecule has 5 aliphatic rings. The van der Waals surface area contributed by atoms with Crippen LogP contribution in [0.25, 0.3) is 0 Å². The van der Waals surface area contributed by atoms with Crippen LogP contribution in [0.15, 0.2) is 116 Å². The molecule has 0 aromatic heterocycles. The van der Waals surface area contributed by atoms with E-state index in [1.165, 1.54) is 25.1 Å². The molecule has 1 fully saturated rings. The minimum atomic E-state index is -4.88. The number of hydrogen-bond donors (Lipinski definition) is 1. The fraction of sp³-hybridized carbons (Fsp3) is 0.413. The Kier molecular flexibility index (Phi) is 28.2. The molecular weight excluding hydrogens is 1160 g/mol. The molecule has 4 aliphatic heterocycles. The fourth-order valence-electron chi connectivity index (χ4n) is 10.0. The first-order chi connectivity index (χ1) is 33.7. The second kappa shape index (κ2) is 29.5. The van der Waals surface area contributed by atoms with Crippen molar-refractivity contribution in [1.29, 1.82) is 5.26 Å². The molecular formula is C46H49N4Na5O17S5+2. The molecule has 2 aromatic rings. The summed E-state index contributed by atoms with van der Waals surface area (Å²) < 4.78 is 114. The molecule has 21 nitrogen and oxygen atoms in total. The summed E-state index contributed by atoms with van der Waals surface area (Å²) in [7, 11) is -13.6. The minimum Gasteiger partial charge on any atom is -0.830 e. The first-order valence-corrected chi connectivity index (χ1v) is 28.5. The summed E-state index contributed by atoms with van der Waals surface area (Å²) in [5.74, 6) is -2.50. The zero-order chi connectivity index (χ0) is 52.8. The van der Waals surface area contributed by atoms with Crippen molar-refractivity contribution in [3.63, 3.8) is 0 Å². The number of fused-ring (bicyclic) bond motifs is 2. The fourth-order valence-corrected chi connectivity index (χ4v) is 12.8. The maximum atomic E-state index is 15.0. The van der Waals surface area contributed by atoms with Gasteiger partial charge in [-0.1, -0.05) is 26.0 Å². The van der Waals surface area contributed by atoms with Gasteiger partial charge >= 0.3 is 154 Å². The molecule has 388 valence electrons. The zero-order valence-electron chi connectivity index (χ0n) is 44.4. The maximum Gasteiger partial charge on any atom is 1.00 e. The normalized spacial score (nSPS) is 21.4. The number of nitrogens with zero attached hydrogens (tertiary/aromatic N) is 4. The summed E-state index contributed by atoms with van der Waals surface area (Å²) in [6.45, 7) is 9.44. The average molecular weight is 1210 g/mol. The van der Waals surface area contributed by atoms with E-state index in [9.17, 15) is 59.5 Å². The minimum absolute atomic E-state index is 0. The first kappa shape index (κ1) is 73.6. The van der Waals surface area contributed by atoms with Crippen molar-refractivity contribution in [2.24, 2.45) is 0 Å². The Morgan fingerprint density at radius 1 is 0.857 bits per heavy atom. The number of amides is 1. The summed E-state index contributed by atoms with van der Waals surface area (Å²) in [6, 6.07) is 11.3. The largest absolute Gasteiger partial charge is 1.00 e. The third kappa shape index (κ3) is 16.1. The van der Waals surface area contributed by atoms with Crippen molar-refractivity contribution in [2.45, 2.75) is 99.1 Å². The van der Waals surface area contributed by atoms with Crippen molar-refractivity contribution in [1.82, 2.24) is 0 Å². The van der Waals surface area contributed by atoms with Crippen LogP contribution in [0.5, 0.6) is 0 Å². The van der Waals surface area contributed by atoms with Gasteiger partial charge in [0.25, 0.3) is 10.1 Å². The Labute approximate surface area is 567 Å². The number of rotatable bonds is 21. The number of nitriles is 1. The second-order valence-corrected chi connectivity index (χ2v) is 24.9. The summed E-state index contributed by atoms with van der Waals surface area (Å²) in [4.78, 5) is 15.9. The topological polar surface area (TPSA) is 322 Å². The van der Waals surface area contributed by atoms with Crippen LogP contribution < -0.4 is 168 Å². The van der Waals surface area contributed by atoms with E-state index in [1.54, 1.807) is 18.2 Å². The van der Waals surface area contributed by atoms with Gasteiger partial charge in [-0.3, -0.25) is 14.6 Å². The number of quaternary nitrogens is 1. The third-order valence-electron chi connectivity index (χ3n) is 13.7. The number of hydrogen-bond acceptors (Lipinski definition) is 20. The van der Waals surface area contributed by atoms with Gasteiger partial charge in [0.15, 0.2) is 17.8 Å². The molecule has 1 spiro atoms. The Morgan fingerprint density at radius 2 is 1.52 bits per heavy atom. The number of carbonyl (C=O) groups excluding carboxylic acids is 1. The van der Waals surface area contributed by atoms with E-state index < -0.39 is 79.2 Å². The molecule has 4 heterocycles. The van der Waals surface area contributed by atoms with E-state index in [-0.39, 0.29) is 197 Å². The summed E-state index contributed by atoms with van der Waals surface area (Å²) in [6.07, 6.45) is 8.64. The van der Waals surface area contributed by atoms with E-state index in [1.807, 2.05) is 67.5 Å². The maximum absolute atomic E-state index is 15.0. The van der Waals surface area contributed by atoms with Gasteiger partial charge in [0, 0.05) is 63.7 Å². The summed E-state index contributed by atoms with van der Waals surface area (Å²) in [5.41, 5.74) is 3.72. The Hall–Kier alpha value is 0.460. The molecule has 77 heavy (non-hydrogen) atoms. The van der Waals surface area contributed by atoms with Crippen molar-refractivity contribution < 1.29 is 235 Å². The molecule has 2 atom stereocenters. The number of unbranched alkanes of at least 4 members (excludes halogenated alkanes) is 2. The number of carbonyl (C=O) groups is 1. The van der Waals surface area contributed by atoms with E-state index in [0.29, 0.717) is 88.5 Å². The van der Waals surface area contributed by atoms with Gasteiger partial charge in [0.05, 0.1) is 44.1 Å². The molecule has 1 aliphatic carbocycles. The summed E-state index contributed by atoms with van der Waals surface area (Å²) in [5, 5.41) is 53.2. The van der Waals surface area contributed by atoms with Gasteiger partial charge in [0.2, 0.25) is 11.1 Å². The number of anilines is 1. The SMILES string of the molecule is CC1=C(C#N)C(=O)[N+]2(CC2SOO[O-])C([O-])=C1C1=C(C=CC2=[N+](CCCCS(=O)(=O)O)c3ccc(SOO[O-])cc3C2(C)C)CCC1=C/C=C1/N(CCCCS(=O)(=O)[O-])c2ccc(S(=O)(=O)[O-])cc2C1(C)C.[Na+].[Na+].[Na+].[Na+].[Na+]. The molecule has 7 rings (SSSR count). The standard InChI is InChI=1S/C46H52N4O17S5.5Na/c1-28-33(26-47)43(51)50(27-40(50)69-67-65-54)44(52)41(28)42-29(12-18-38-45(2,3)34-24-31(68-66-64-53)14-16-36(34)48(38)20-6-8-22-70(55,56)57)10-11-30(42)13-19-39-46(4,5)35-25-32(72(61,62)63)15-17-37(35)49(39)21-7-9-23-71(58,59)60;;;;;/h12-19,24-25,40H,6-11,20-23,27H2,1-5H3,(H4-,53,54,55,56,57,58,59,60,61,62,63);;;;;/q;5*+1/p-3/b30-13?,39-19+;;;;;. The Bertz CT molecular complexity index is 3230. The van der Waals surface area contributed by atoms with Crippen molar-refractivity contribution >= 4 is 77.4 Å². The van der Waals surface area contributed by atoms with E-state index in [4.69, 9.17) is 0 Å². The first-order valence-electron chi connectivity index (χ1n) is 22.3. The van der Waals surface area contributed by atoms with Crippen LogP contribution in [0.1, 0.15) is 84.3 Å². The monoisotopic (exact) mass is 1200 g/mol. The molecule has 1 amide bonds. The van der Waals surface area contributed by atoms with Crippen LogP contribution in [-0.2, 0) is 64.7 Å². The quantitative estimate of drug-likeness (QED) is 0.0140. The van der Waals surface area contributed by atoms with Gasteiger partial charge in [-0.15, -0.1) is 0 Å². The predicted molar refractivity (Wildman–Crippen MR) is 252 cm³/mol. The van der Waals surface area contributed by atoms with Gasteiger partial charge in [-0.05, 0) is 117 Å². The molecule has 0 saturated carbocycles. The van der Waals surface area contributed by atoms with Crippen molar-refractivity contribution in [3.05, 3.63) is 117 Å². The molecule has 2 unspecified atom stereocenters. The average Bonchev–Trinajstić information content (AvgIpc) is 3.75. The van der Waals surface area contributed by atoms with E-state index in [2.05, 4.69) is 18.7 Å². The smallest absolute Gasteiger partial charge is 0.830 e. The summed E-state index contributed by atoms with van der Waals surface area (Å²) >= 11 is 1.19. The predicted octanol–water partition coefficient (Wildman–Crippen LogP) is -11.6. The van der Waals surface area contributed by atoms with Crippen LogP contribution in [0.3, 0.4) is 0 Å². The molecule has 0 radical (unpaired) electrons. The number of benzene rings is 2. The molecule has 31 heteroatoms. The molecule has 1 saturated heterocycles. The van der Waals surface area contributed by atoms with Crippen LogP contribution >= 0.6 is 24.1 Å². The van der Waals surface area contributed by atoms with Gasteiger partial charge in [0.1, 0.15) is 34.8 Å². The molecule has 1 N–H and O–H groups in total. The van der Waals surface area contributed by atoms with Gasteiger partial charge < -0.3 is 29.6 Å². The van der Waals surface area contributed by atoms with Crippen molar-refractivity contribution in [2.75, 3.05) is 36.0 Å².